The van der Waals surface area contributed by atoms with Crippen LogP contribution in [0.3, 0.4) is 0 Å². The average molecular weight is 294 g/mol. The highest BCUT2D eigenvalue weighted by Crippen LogP contribution is 2.38. The first kappa shape index (κ1) is 13.9. The largest absolute Gasteiger partial charge is 0.393 e. The van der Waals surface area contributed by atoms with E-state index in [-0.39, 0.29) is 23.1 Å². The Morgan fingerprint density at radius 2 is 2.14 bits per heavy atom. The minimum absolute atomic E-state index is 0.0377. The zero-order chi connectivity index (χ0) is 15.1. The monoisotopic (exact) mass is 294 g/mol. The van der Waals surface area contributed by atoms with Crippen molar-refractivity contribution < 1.29 is 19.2 Å². The highest BCUT2D eigenvalue weighted by atomic mass is 19.1. The van der Waals surface area contributed by atoms with Gasteiger partial charge in [0, 0.05) is 31.1 Å². The average Bonchev–Trinajstić information content (AvgIpc) is 3.01. The van der Waals surface area contributed by atoms with Gasteiger partial charge in [0.2, 0.25) is 0 Å². The van der Waals surface area contributed by atoms with E-state index in [0.717, 1.165) is 31.0 Å². The van der Waals surface area contributed by atoms with E-state index >= 15 is 0 Å². The second-order valence-electron chi connectivity index (χ2n) is 5.70. The van der Waals surface area contributed by atoms with Crippen LogP contribution in [0.25, 0.3) is 0 Å². The van der Waals surface area contributed by atoms with Gasteiger partial charge in [-0.1, -0.05) is 0 Å². The lowest BCUT2D eigenvalue weighted by Crippen LogP contribution is -2.31. The Balaban J connectivity index is 1.83. The van der Waals surface area contributed by atoms with Crippen molar-refractivity contribution in [3.8, 4) is 0 Å². The van der Waals surface area contributed by atoms with Crippen molar-refractivity contribution in [2.24, 2.45) is 11.8 Å². The Morgan fingerprint density at radius 1 is 1.38 bits per heavy atom. The lowest BCUT2D eigenvalue weighted by Gasteiger charge is -2.18. The van der Waals surface area contributed by atoms with Crippen molar-refractivity contribution in [2.75, 3.05) is 13.1 Å². The van der Waals surface area contributed by atoms with Gasteiger partial charge in [0.05, 0.1) is 16.6 Å². The molecule has 1 heterocycles. The number of nitro benzene ring substituents is 1. The van der Waals surface area contributed by atoms with Gasteiger partial charge in [-0.15, -0.1) is 0 Å². The standard InChI is InChI=1S/C14H15FN2O4/c15-12-3-2-9(17(20)21)5-10(12)14(19)16-6-8-1-4-13(18)11(8)7-16/h2-3,5,8,11,13,18H,1,4,6-7H2. The number of benzene rings is 1. The molecule has 1 aliphatic carbocycles. The number of carbonyl (C=O) groups is 1. The highest BCUT2D eigenvalue weighted by molar-refractivity contribution is 5.95. The molecule has 2 aliphatic rings. The first-order valence-corrected chi connectivity index (χ1v) is 6.88. The summed E-state index contributed by atoms with van der Waals surface area (Å²) >= 11 is 0. The number of nitrogens with zero attached hydrogens (tertiary/aromatic N) is 2. The predicted octanol–water partition coefficient (Wildman–Crippen LogP) is 1.58. The summed E-state index contributed by atoms with van der Waals surface area (Å²) in [4.78, 5) is 23.9. The molecule has 0 spiro atoms. The predicted molar refractivity (Wildman–Crippen MR) is 71.2 cm³/mol. The Labute approximate surface area is 120 Å². The number of likely N-dealkylation sites (tertiary alicyclic amines) is 1. The van der Waals surface area contributed by atoms with Crippen molar-refractivity contribution >= 4 is 11.6 Å². The van der Waals surface area contributed by atoms with Crippen molar-refractivity contribution in [3.05, 3.63) is 39.7 Å². The van der Waals surface area contributed by atoms with Gasteiger partial charge in [0.15, 0.2) is 0 Å². The Kier molecular flexibility index (Phi) is 3.36. The number of carbonyl (C=O) groups excluding carboxylic acids is 1. The summed E-state index contributed by atoms with van der Waals surface area (Å²) in [7, 11) is 0. The van der Waals surface area contributed by atoms with Crippen LogP contribution in [0.5, 0.6) is 0 Å². The lowest BCUT2D eigenvalue weighted by atomic mass is 10.00. The van der Waals surface area contributed by atoms with Crippen molar-refractivity contribution in [3.63, 3.8) is 0 Å². The number of hydrogen-bond donors (Lipinski definition) is 1. The molecule has 1 N–H and O–H groups in total. The molecule has 1 saturated carbocycles. The quantitative estimate of drug-likeness (QED) is 0.663. The van der Waals surface area contributed by atoms with Crippen LogP contribution in [0, 0.1) is 27.8 Å². The molecule has 21 heavy (non-hydrogen) atoms. The molecule has 1 saturated heterocycles. The fourth-order valence-corrected chi connectivity index (χ4v) is 3.36. The molecule has 1 aromatic rings. The number of amides is 1. The zero-order valence-electron chi connectivity index (χ0n) is 11.2. The number of aliphatic hydroxyl groups is 1. The number of aliphatic hydroxyl groups excluding tert-OH is 1. The molecule has 3 unspecified atom stereocenters. The maximum Gasteiger partial charge on any atom is 0.270 e. The van der Waals surface area contributed by atoms with Gasteiger partial charge in [-0.25, -0.2) is 4.39 Å². The molecule has 1 aliphatic heterocycles. The SMILES string of the molecule is O=C(c1cc([N+](=O)[O-])ccc1F)N1CC2CCC(O)C2C1. The molecule has 2 fully saturated rings. The number of fused-ring (bicyclic) bond motifs is 1. The maximum absolute atomic E-state index is 13.8. The van der Waals surface area contributed by atoms with Crippen LogP contribution in [0.15, 0.2) is 18.2 Å². The third-order valence-corrected chi connectivity index (χ3v) is 4.50. The molecule has 1 aromatic carbocycles. The van der Waals surface area contributed by atoms with E-state index in [9.17, 15) is 24.4 Å². The van der Waals surface area contributed by atoms with E-state index in [4.69, 9.17) is 0 Å². The van der Waals surface area contributed by atoms with E-state index < -0.39 is 22.8 Å². The third kappa shape index (κ3) is 2.37. The first-order valence-electron chi connectivity index (χ1n) is 6.88. The van der Waals surface area contributed by atoms with Gasteiger partial charge >= 0.3 is 0 Å². The minimum Gasteiger partial charge on any atom is -0.393 e. The number of nitro groups is 1. The minimum atomic E-state index is -0.761. The molecule has 3 atom stereocenters. The van der Waals surface area contributed by atoms with Gasteiger partial charge in [0.1, 0.15) is 5.82 Å². The van der Waals surface area contributed by atoms with Crippen LogP contribution >= 0.6 is 0 Å². The Hall–Kier alpha value is -2.02. The van der Waals surface area contributed by atoms with E-state index in [1.54, 1.807) is 0 Å². The summed E-state index contributed by atoms with van der Waals surface area (Å²) in [5, 5.41) is 20.6. The second-order valence-corrected chi connectivity index (χ2v) is 5.70. The van der Waals surface area contributed by atoms with E-state index in [2.05, 4.69) is 0 Å². The van der Waals surface area contributed by atoms with E-state index in [1.807, 2.05) is 0 Å². The van der Waals surface area contributed by atoms with Crippen LogP contribution in [0.2, 0.25) is 0 Å². The number of halogens is 1. The molecule has 6 nitrogen and oxygen atoms in total. The Bertz CT molecular complexity index is 607. The van der Waals surface area contributed by atoms with Gasteiger partial charge in [-0.2, -0.15) is 0 Å². The zero-order valence-corrected chi connectivity index (χ0v) is 11.2. The summed E-state index contributed by atoms with van der Waals surface area (Å²) in [5.74, 6) is -1.03. The molecule has 112 valence electrons. The topological polar surface area (TPSA) is 83.7 Å². The van der Waals surface area contributed by atoms with Gasteiger partial charge < -0.3 is 10.0 Å². The second kappa shape index (κ2) is 5.07. The molecule has 7 heteroatoms. The molecule has 0 bridgehead atoms. The summed E-state index contributed by atoms with van der Waals surface area (Å²) < 4.78 is 13.8. The third-order valence-electron chi connectivity index (χ3n) is 4.50. The summed E-state index contributed by atoms with van der Waals surface area (Å²) in [6, 6.07) is 2.95. The summed E-state index contributed by atoms with van der Waals surface area (Å²) in [6.07, 6.45) is 1.18. The number of non-ortho nitro benzene ring substituents is 1. The fourth-order valence-electron chi connectivity index (χ4n) is 3.36. The summed E-state index contributed by atoms with van der Waals surface area (Å²) in [5.41, 5.74) is -0.585. The van der Waals surface area contributed by atoms with E-state index in [0.29, 0.717) is 13.1 Å². The number of hydrogen-bond acceptors (Lipinski definition) is 4. The van der Waals surface area contributed by atoms with Crippen LogP contribution in [-0.4, -0.2) is 40.0 Å². The van der Waals surface area contributed by atoms with Crippen molar-refractivity contribution in [2.45, 2.75) is 18.9 Å². The van der Waals surface area contributed by atoms with Crippen LogP contribution in [-0.2, 0) is 0 Å². The van der Waals surface area contributed by atoms with Crippen LogP contribution in [0.4, 0.5) is 10.1 Å². The molecule has 1 amide bonds. The van der Waals surface area contributed by atoms with Crippen LogP contribution < -0.4 is 0 Å². The molecule has 0 aromatic heterocycles. The molecular formula is C14H15FN2O4. The fraction of sp³-hybridized carbons (Fsp3) is 0.500. The number of rotatable bonds is 2. The molecule has 0 radical (unpaired) electrons. The molecule has 3 rings (SSSR count). The van der Waals surface area contributed by atoms with Crippen molar-refractivity contribution in [1.82, 2.24) is 4.90 Å². The van der Waals surface area contributed by atoms with Gasteiger partial charge in [-0.3, -0.25) is 14.9 Å². The maximum atomic E-state index is 13.8. The normalized spacial score (nSPS) is 27.7. The van der Waals surface area contributed by atoms with E-state index in [1.165, 1.54) is 4.90 Å². The Morgan fingerprint density at radius 3 is 2.81 bits per heavy atom. The van der Waals surface area contributed by atoms with Gasteiger partial charge in [-0.05, 0) is 24.8 Å². The molecular weight excluding hydrogens is 279 g/mol. The van der Waals surface area contributed by atoms with Crippen LogP contribution in [0.1, 0.15) is 23.2 Å². The van der Waals surface area contributed by atoms with Gasteiger partial charge in [0.25, 0.3) is 11.6 Å². The van der Waals surface area contributed by atoms with Crippen molar-refractivity contribution in [1.29, 1.82) is 0 Å². The first-order chi connectivity index (χ1) is 9.97. The highest BCUT2D eigenvalue weighted by Gasteiger charge is 2.43. The lowest BCUT2D eigenvalue weighted by molar-refractivity contribution is -0.384. The summed E-state index contributed by atoms with van der Waals surface area (Å²) in [6.45, 7) is 0.857. The smallest absolute Gasteiger partial charge is 0.270 e.